The third kappa shape index (κ3) is 4.59. The minimum absolute atomic E-state index is 0.152. The van der Waals surface area contributed by atoms with Gasteiger partial charge >= 0.3 is 5.97 Å². The predicted octanol–water partition coefficient (Wildman–Crippen LogP) is -0.975. The van der Waals surface area contributed by atoms with Crippen molar-refractivity contribution in [3.8, 4) is 0 Å². The fourth-order valence-electron chi connectivity index (χ4n) is 1.15. The Morgan fingerprint density at radius 2 is 2.00 bits per heavy atom. The van der Waals surface area contributed by atoms with E-state index in [0.29, 0.717) is 6.54 Å². The van der Waals surface area contributed by atoms with Crippen LogP contribution in [-0.2, 0) is 14.3 Å². The van der Waals surface area contributed by atoms with E-state index in [-0.39, 0.29) is 12.5 Å². The molecule has 0 heterocycles. The molecule has 0 aliphatic carbocycles. The molecule has 0 spiro atoms. The van der Waals surface area contributed by atoms with Gasteiger partial charge in [0, 0.05) is 0 Å². The van der Waals surface area contributed by atoms with Gasteiger partial charge in [0.25, 0.3) is 0 Å². The lowest BCUT2D eigenvalue weighted by Gasteiger charge is -2.24. The van der Waals surface area contributed by atoms with Gasteiger partial charge in [-0.15, -0.1) is 0 Å². The van der Waals surface area contributed by atoms with Crippen LogP contribution in [0.4, 0.5) is 0 Å². The number of aliphatic hydroxyl groups is 1. The number of hydrogen-bond acceptors (Lipinski definition) is 5. The summed E-state index contributed by atoms with van der Waals surface area (Å²) in [5, 5.41) is 14.7. The summed E-state index contributed by atoms with van der Waals surface area (Å²) in [6.45, 7) is 5.82. The molecule has 0 aliphatic rings. The molecule has 94 valence electrons. The maximum Gasteiger partial charge on any atom is 0.336 e. The smallest absolute Gasteiger partial charge is 0.336 e. The normalized spacial score (nSPS) is 13.1. The van der Waals surface area contributed by atoms with Gasteiger partial charge in [0.05, 0.1) is 19.2 Å². The largest absolute Gasteiger partial charge is 0.467 e. The van der Waals surface area contributed by atoms with Gasteiger partial charge < -0.3 is 20.5 Å². The summed E-state index contributed by atoms with van der Waals surface area (Å²) in [6.07, 6.45) is -1.33. The van der Waals surface area contributed by atoms with Crippen molar-refractivity contribution in [1.82, 2.24) is 10.6 Å². The van der Waals surface area contributed by atoms with Gasteiger partial charge in [0.1, 0.15) is 0 Å². The Morgan fingerprint density at radius 1 is 1.44 bits per heavy atom. The fourth-order valence-corrected chi connectivity index (χ4v) is 1.15. The number of esters is 1. The third-order valence-electron chi connectivity index (χ3n) is 2.12. The number of aliphatic hydroxyl groups excluding tert-OH is 1. The fraction of sp³-hybridized carbons (Fsp3) is 0.800. The molecule has 3 N–H and O–H groups in total. The molecule has 0 saturated carbocycles. The standard InChI is InChI=1S/C10H20N2O4/c1-5-12-10(2,3)9(15)11-6-7(13)8(14)16-4/h7,12-13H,5-6H2,1-4H3,(H,11,15). The summed E-state index contributed by atoms with van der Waals surface area (Å²) < 4.78 is 4.32. The Morgan fingerprint density at radius 3 is 2.44 bits per heavy atom. The van der Waals surface area contributed by atoms with Crippen LogP contribution in [-0.4, -0.2) is 48.8 Å². The highest BCUT2D eigenvalue weighted by molar-refractivity contribution is 5.86. The van der Waals surface area contributed by atoms with Crippen LogP contribution in [0.1, 0.15) is 20.8 Å². The first-order valence-electron chi connectivity index (χ1n) is 5.14. The quantitative estimate of drug-likeness (QED) is 0.513. The third-order valence-corrected chi connectivity index (χ3v) is 2.12. The van der Waals surface area contributed by atoms with Crippen molar-refractivity contribution in [2.75, 3.05) is 20.2 Å². The first-order valence-corrected chi connectivity index (χ1v) is 5.14. The molecule has 16 heavy (non-hydrogen) atoms. The zero-order valence-electron chi connectivity index (χ0n) is 10.2. The molecule has 1 atom stereocenters. The molecule has 6 nitrogen and oxygen atoms in total. The number of methoxy groups -OCH3 is 1. The molecule has 6 heteroatoms. The monoisotopic (exact) mass is 232 g/mol. The van der Waals surface area contributed by atoms with E-state index in [1.807, 2.05) is 6.92 Å². The number of carbonyl (C=O) groups excluding carboxylic acids is 2. The van der Waals surface area contributed by atoms with E-state index < -0.39 is 17.6 Å². The van der Waals surface area contributed by atoms with Gasteiger partial charge in [0.15, 0.2) is 6.10 Å². The van der Waals surface area contributed by atoms with Gasteiger partial charge in [-0.3, -0.25) is 4.79 Å². The molecule has 0 fully saturated rings. The van der Waals surface area contributed by atoms with Crippen molar-refractivity contribution in [2.45, 2.75) is 32.4 Å². The second-order valence-corrected chi connectivity index (χ2v) is 3.90. The maximum absolute atomic E-state index is 11.6. The van der Waals surface area contributed by atoms with Crippen LogP contribution >= 0.6 is 0 Å². The number of ether oxygens (including phenoxy) is 1. The highest BCUT2D eigenvalue weighted by Gasteiger charge is 2.27. The van der Waals surface area contributed by atoms with E-state index in [4.69, 9.17) is 0 Å². The highest BCUT2D eigenvalue weighted by atomic mass is 16.5. The minimum Gasteiger partial charge on any atom is -0.467 e. The Balaban J connectivity index is 4.11. The van der Waals surface area contributed by atoms with Gasteiger partial charge in [-0.1, -0.05) is 6.92 Å². The van der Waals surface area contributed by atoms with Crippen LogP contribution < -0.4 is 10.6 Å². The van der Waals surface area contributed by atoms with Crippen molar-refractivity contribution < 1.29 is 19.4 Å². The van der Waals surface area contributed by atoms with E-state index in [1.54, 1.807) is 13.8 Å². The van der Waals surface area contributed by atoms with Gasteiger partial charge in [0.2, 0.25) is 5.91 Å². The lowest BCUT2D eigenvalue weighted by Crippen LogP contribution is -2.54. The number of nitrogens with one attached hydrogen (secondary N) is 2. The average molecular weight is 232 g/mol. The molecule has 1 unspecified atom stereocenters. The minimum atomic E-state index is -1.33. The molecule has 1 amide bonds. The Kier molecular flexibility index (Phi) is 5.98. The lowest BCUT2D eigenvalue weighted by atomic mass is 10.0. The van der Waals surface area contributed by atoms with Crippen LogP contribution in [0.3, 0.4) is 0 Å². The summed E-state index contributed by atoms with van der Waals surface area (Å²) in [5.74, 6) is -1.04. The SMILES string of the molecule is CCNC(C)(C)C(=O)NCC(O)C(=O)OC. The number of carbonyl (C=O) groups is 2. The van der Waals surface area contributed by atoms with E-state index in [9.17, 15) is 14.7 Å². The number of amides is 1. The van der Waals surface area contributed by atoms with Crippen molar-refractivity contribution in [1.29, 1.82) is 0 Å². The van der Waals surface area contributed by atoms with Crippen LogP contribution in [0.15, 0.2) is 0 Å². The lowest BCUT2D eigenvalue weighted by molar-refractivity contribution is -0.150. The van der Waals surface area contributed by atoms with Crippen LogP contribution in [0, 0.1) is 0 Å². The van der Waals surface area contributed by atoms with Gasteiger partial charge in [-0.25, -0.2) is 4.79 Å². The molecule has 0 rings (SSSR count). The summed E-state index contributed by atoms with van der Waals surface area (Å²) in [5.41, 5.74) is -0.732. The van der Waals surface area contributed by atoms with E-state index in [0.717, 1.165) is 0 Å². The van der Waals surface area contributed by atoms with E-state index in [1.165, 1.54) is 7.11 Å². The number of rotatable bonds is 6. The molecular formula is C10H20N2O4. The molecule has 0 saturated heterocycles. The Hall–Kier alpha value is -1.14. The Labute approximate surface area is 95.4 Å². The molecule has 0 aromatic carbocycles. The first-order chi connectivity index (χ1) is 7.35. The van der Waals surface area contributed by atoms with E-state index in [2.05, 4.69) is 15.4 Å². The average Bonchev–Trinajstić information content (AvgIpc) is 2.23. The van der Waals surface area contributed by atoms with Gasteiger partial charge in [-0.2, -0.15) is 0 Å². The van der Waals surface area contributed by atoms with Gasteiger partial charge in [-0.05, 0) is 20.4 Å². The van der Waals surface area contributed by atoms with Crippen LogP contribution in [0.2, 0.25) is 0 Å². The second-order valence-electron chi connectivity index (χ2n) is 3.90. The van der Waals surface area contributed by atoms with E-state index >= 15 is 0 Å². The predicted molar refractivity (Wildman–Crippen MR) is 58.8 cm³/mol. The molecule has 0 bridgehead atoms. The number of likely N-dealkylation sites (N-methyl/N-ethyl adjacent to an activating group) is 1. The zero-order valence-corrected chi connectivity index (χ0v) is 10.2. The molecular weight excluding hydrogens is 212 g/mol. The summed E-state index contributed by atoms with van der Waals surface area (Å²) in [6, 6.07) is 0. The molecule has 0 aromatic heterocycles. The summed E-state index contributed by atoms with van der Waals surface area (Å²) >= 11 is 0. The number of hydrogen-bond donors (Lipinski definition) is 3. The second kappa shape index (κ2) is 6.44. The summed E-state index contributed by atoms with van der Waals surface area (Å²) in [4.78, 5) is 22.5. The Bertz CT molecular complexity index is 253. The van der Waals surface area contributed by atoms with Crippen LogP contribution in [0.25, 0.3) is 0 Å². The molecule has 0 aliphatic heterocycles. The maximum atomic E-state index is 11.6. The highest BCUT2D eigenvalue weighted by Crippen LogP contribution is 2.01. The topological polar surface area (TPSA) is 87.7 Å². The first kappa shape index (κ1) is 14.9. The van der Waals surface area contributed by atoms with Crippen molar-refractivity contribution in [2.24, 2.45) is 0 Å². The van der Waals surface area contributed by atoms with Crippen molar-refractivity contribution in [3.05, 3.63) is 0 Å². The van der Waals surface area contributed by atoms with Crippen molar-refractivity contribution >= 4 is 11.9 Å². The van der Waals surface area contributed by atoms with Crippen molar-refractivity contribution in [3.63, 3.8) is 0 Å². The molecule has 0 aromatic rings. The zero-order chi connectivity index (χ0) is 12.8. The van der Waals surface area contributed by atoms with Crippen LogP contribution in [0.5, 0.6) is 0 Å². The summed E-state index contributed by atoms with van der Waals surface area (Å²) in [7, 11) is 1.18. The molecule has 0 radical (unpaired) electrons.